The van der Waals surface area contributed by atoms with Gasteiger partial charge in [0.2, 0.25) is 0 Å². The number of nitrogens with zero attached hydrogens (tertiary/aromatic N) is 2. The lowest BCUT2D eigenvalue weighted by Crippen LogP contribution is -2.12. The number of rotatable bonds is 3. The van der Waals surface area contributed by atoms with Gasteiger partial charge in [0.05, 0.1) is 15.9 Å². The van der Waals surface area contributed by atoms with Gasteiger partial charge < -0.3 is 5.73 Å². The van der Waals surface area contributed by atoms with Crippen molar-refractivity contribution in [3.63, 3.8) is 0 Å². The molecule has 0 bridgehead atoms. The summed E-state index contributed by atoms with van der Waals surface area (Å²) in [4.78, 5) is 4.30. The summed E-state index contributed by atoms with van der Waals surface area (Å²) in [6.07, 6.45) is 1.47. The van der Waals surface area contributed by atoms with Gasteiger partial charge in [0.15, 0.2) is 0 Å². The fourth-order valence-corrected chi connectivity index (χ4v) is 3.59. The Labute approximate surface area is 127 Å². The Morgan fingerprint density at radius 1 is 1.10 bits per heavy atom. The second-order valence-corrected chi connectivity index (χ2v) is 6.71. The standard InChI is InChI=1S/C14H12ClN3O2S/c15-14-6-5-13-12(17-14)7-8-18(13)21(19,20)11-3-1-10(9-16)2-4-11/h1-8H,9,16H2. The van der Waals surface area contributed by atoms with Crippen molar-refractivity contribution in [1.29, 1.82) is 0 Å². The van der Waals surface area contributed by atoms with Gasteiger partial charge in [-0.3, -0.25) is 0 Å². The molecule has 0 aliphatic heterocycles. The van der Waals surface area contributed by atoms with Gasteiger partial charge in [-0.25, -0.2) is 17.4 Å². The van der Waals surface area contributed by atoms with Crippen LogP contribution in [0.15, 0.2) is 53.6 Å². The Balaban J connectivity index is 2.15. The number of fused-ring (bicyclic) bond motifs is 1. The molecule has 0 aliphatic carbocycles. The molecule has 0 atom stereocenters. The maximum atomic E-state index is 12.7. The highest BCUT2D eigenvalue weighted by Crippen LogP contribution is 2.22. The van der Waals surface area contributed by atoms with Crippen LogP contribution in [-0.2, 0) is 16.6 Å². The van der Waals surface area contributed by atoms with Gasteiger partial charge in [-0.2, -0.15) is 0 Å². The van der Waals surface area contributed by atoms with Crippen molar-refractivity contribution in [3.05, 3.63) is 59.4 Å². The first kappa shape index (κ1) is 14.1. The molecule has 108 valence electrons. The average molecular weight is 322 g/mol. The van der Waals surface area contributed by atoms with Gasteiger partial charge in [0.25, 0.3) is 10.0 Å². The summed E-state index contributed by atoms with van der Waals surface area (Å²) in [5.41, 5.74) is 7.41. The van der Waals surface area contributed by atoms with Crippen LogP contribution < -0.4 is 5.73 Å². The van der Waals surface area contributed by atoms with Gasteiger partial charge in [-0.05, 0) is 35.9 Å². The van der Waals surface area contributed by atoms with Crippen LogP contribution in [0.3, 0.4) is 0 Å². The SMILES string of the molecule is NCc1ccc(S(=O)(=O)n2ccc3nc(Cl)ccc32)cc1. The molecule has 0 unspecified atom stereocenters. The fourth-order valence-electron chi connectivity index (χ4n) is 2.09. The zero-order valence-electron chi connectivity index (χ0n) is 10.9. The zero-order valence-corrected chi connectivity index (χ0v) is 12.5. The van der Waals surface area contributed by atoms with Crippen LogP contribution in [0.25, 0.3) is 11.0 Å². The van der Waals surface area contributed by atoms with Gasteiger partial charge in [-0.15, -0.1) is 0 Å². The Hall–Kier alpha value is -1.89. The second-order valence-electron chi connectivity index (χ2n) is 4.50. The van der Waals surface area contributed by atoms with Crippen molar-refractivity contribution < 1.29 is 8.42 Å². The van der Waals surface area contributed by atoms with E-state index in [0.717, 1.165) is 5.56 Å². The summed E-state index contributed by atoms with van der Waals surface area (Å²) in [6, 6.07) is 11.3. The fraction of sp³-hybridized carbons (Fsp3) is 0.0714. The van der Waals surface area contributed by atoms with Crippen LogP contribution in [0, 0.1) is 0 Å². The van der Waals surface area contributed by atoms with E-state index >= 15 is 0 Å². The molecule has 2 N–H and O–H groups in total. The van der Waals surface area contributed by atoms with Gasteiger partial charge in [-0.1, -0.05) is 23.7 Å². The van der Waals surface area contributed by atoms with Crippen molar-refractivity contribution in [2.24, 2.45) is 5.73 Å². The first-order valence-corrected chi connectivity index (χ1v) is 8.02. The van der Waals surface area contributed by atoms with Crippen molar-refractivity contribution in [2.75, 3.05) is 0 Å². The number of pyridine rings is 1. The summed E-state index contributed by atoms with van der Waals surface area (Å²) < 4.78 is 26.5. The molecule has 0 spiro atoms. The summed E-state index contributed by atoms with van der Waals surface area (Å²) in [5.74, 6) is 0. The first-order chi connectivity index (χ1) is 10.0. The zero-order chi connectivity index (χ0) is 15.0. The average Bonchev–Trinajstić information content (AvgIpc) is 2.91. The minimum atomic E-state index is -3.67. The highest BCUT2D eigenvalue weighted by molar-refractivity contribution is 7.90. The van der Waals surface area contributed by atoms with E-state index in [0.29, 0.717) is 22.7 Å². The van der Waals surface area contributed by atoms with Gasteiger partial charge >= 0.3 is 0 Å². The van der Waals surface area contributed by atoms with Crippen molar-refractivity contribution >= 4 is 32.7 Å². The van der Waals surface area contributed by atoms with Crippen molar-refractivity contribution in [2.45, 2.75) is 11.4 Å². The lowest BCUT2D eigenvalue weighted by Gasteiger charge is -2.08. The van der Waals surface area contributed by atoms with E-state index in [2.05, 4.69) is 4.98 Å². The molecule has 0 aliphatic rings. The van der Waals surface area contributed by atoms with Gasteiger partial charge in [0.1, 0.15) is 5.15 Å². The maximum Gasteiger partial charge on any atom is 0.268 e. The largest absolute Gasteiger partial charge is 0.326 e. The number of nitrogens with two attached hydrogens (primary N) is 1. The highest BCUT2D eigenvalue weighted by Gasteiger charge is 2.19. The van der Waals surface area contributed by atoms with Crippen molar-refractivity contribution in [1.82, 2.24) is 8.96 Å². The van der Waals surface area contributed by atoms with Gasteiger partial charge in [0, 0.05) is 12.7 Å². The third kappa shape index (κ3) is 2.42. The lowest BCUT2D eigenvalue weighted by atomic mass is 10.2. The smallest absolute Gasteiger partial charge is 0.268 e. The van der Waals surface area contributed by atoms with E-state index in [1.807, 2.05) is 0 Å². The molecule has 5 nitrogen and oxygen atoms in total. The monoisotopic (exact) mass is 321 g/mol. The lowest BCUT2D eigenvalue weighted by molar-refractivity contribution is 0.589. The van der Waals surface area contributed by atoms with E-state index in [4.69, 9.17) is 17.3 Å². The molecule has 2 heterocycles. The highest BCUT2D eigenvalue weighted by atomic mass is 35.5. The molecule has 3 rings (SSSR count). The van der Waals surface area contributed by atoms with Crippen LogP contribution in [0.1, 0.15) is 5.56 Å². The van der Waals surface area contributed by atoms with Crippen molar-refractivity contribution in [3.8, 4) is 0 Å². The minimum Gasteiger partial charge on any atom is -0.326 e. The van der Waals surface area contributed by atoms with E-state index in [1.54, 1.807) is 42.5 Å². The number of benzene rings is 1. The van der Waals surface area contributed by atoms with E-state index < -0.39 is 10.0 Å². The molecule has 0 saturated carbocycles. The number of hydrogen-bond donors (Lipinski definition) is 1. The predicted octanol–water partition coefficient (Wildman–Crippen LogP) is 2.39. The Kier molecular flexibility index (Phi) is 3.44. The van der Waals surface area contributed by atoms with Crippen LogP contribution in [0.5, 0.6) is 0 Å². The number of halogens is 1. The molecule has 21 heavy (non-hydrogen) atoms. The normalized spacial score (nSPS) is 11.9. The molecule has 3 aromatic rings. The summed E-state index contributed by atoms with van der Waals surface area (Å²) in [6.45, 7) is 0.370. The quantitative estimate of drug-likeness (QED) is 0.751. The molecule has 0 saturated heterocycles. The van der Waals surface area contributed by atoms with E-state index in [1.165, 1.54) is 10.2 Å². The molecular formula is C14H12ClN3O2S. The van der Waals surface area contributed by atoms with E-state index in [-0.39, 0.29) is 4.90 Å². The predicted molar refractivity (Wildman–Crippen MR) is 81.7 cm³/mol. The maximum absolute atomic E-state index is 12.7. The van der Waals surface area contributed by atoms with Crippen LogP contribution in [-0.4, -0.2) is 17.4 Å². The number of aromatic nitrogens is 2. The first-order valence-electron chi connectivity index (χ1n) is 6.20. The van der Waals surface area contributed by atoms with E-state index in [9.17, 15) is 8.42 Å². The number of hydrogen-bond acceptors (Lipinski definition) is 4. The third-order valence-corrected chi connectivity index (χ3v) is 5.10. The Morgan fingerprint density at radius 2 is 1.81 bits per heavy atom. The molecule has 0 amide bonds. The van der Waals surface area contributed by atoms with Crippen LogP contribution >= 0.6 is 11.6 Å². The Morgan fingerprint density at radius 3 is 2.48 bits per heavy atom. The summed E-state index contributed by atoms with van der Waals surface area (Å²) >= 11 is 5.81. The minimum absolute atomic E-state index is 0.201. The topological polar surface area (TPSA) is 78.0 Å². The molecule has 0 fully saturated rings. The second kappa shape index (κ2) is 5.14. The van der Waals surface area contributed by atoms with Crippen LogP contribution in [0.2, 0.25) is 5.15 Å². The summed E-state index contributed by atoms with van der Waals surface area (Å²) in [5, 5.41) is 0.324. The Bertz CT molecular complexity index is 902. The summed E-state index contributed by atoms with van der Waals surface area (Å²) in [7, 11) is -3.67. The van der Waals surface area contributed by atoms with Crippen LogP contribution in [0.4, 0.5) is 0 Å². The molecular weight excluding hydrogens is 310 g/mol. The molecule has 2 aromatic heterocycles. The molecule has 0 radical (unpaired) electrons. The molecule has 1 aromatic carbocycles. The molecule has 7 heteroatoms. The third-order valence-electron chi connectivity index (χ3n) is 3.19.